The summed E-state index contributed by atoms with van der Waals surface area (Å²) in [5.41, 5.74) is 10.3. The molecule has 1 aromatic heterocycles. The topological polar surface area (TPSA) is 25.8 Å². The van der Waals surface area contributed by atoms with Gasteiger partial charge in [0.15, 0.2) is 5.82 Å². The molecule has 2 nitrogen and oxygen atoms in total. The van der Waals surface area contributed by atoms with Gasteiger partial charge in [0, 0.05) is 22.1 Å². The molecule has 0 saturated heterocycles. The van der Waals surface area contributed by atoms with Crippen molar-refractivity contribution in [2.24, 2.45) is 0 Å². The Kier molecular flexibility index (Phi) is 5.58. The van der Waals surface area contributed by atoms with E-state index in [4.69, 9.17) is 9.97 Å². The number of hydrogen-bond acceptors (Lipinski definition) is 2. The predicted molar refractivity (Wildman–Crippen MR) is 188 cm³/mol. The molecular formula is C43H30N2. The van der Waals surface area contributed by atoms with Crippen molar-refractivity contribution >= 4 is 32.3 Å². The molecule has 0 saturated carbocycles. The Morgan fingerprint density at radius 1 is 0.422 bits per heavy atom. The first-order chi connectivity index (χ1) is 22.1. The maximum Gasteiger partial charge on any atom is 0.161 e. The van der Waals surface area contributed by atoms with Crippen molar-refractivity contribution in [2.75, 3.05) is 0 Å². The van der Waals surface area contributed by atoms with Crippen LogP contribution in [0.5, 0.6) is 0 Å². The summed E-state index contributed by atoms with van der Waals surface area (Å²) in [5, 5.41) is 7.18. The lowest BCUT2D eigenvalue weighted by atomic mass is 9.82. The van der Waals surface area contributed by atoms with Crippen LogP contribution in [-0.4, -0.2) is 9.97 Å². The smallest absolute Gasteiger partial charge is 0.161 e. The molecule has 0 amide bonds. The van der Waals surface area contributed by atoms with E-state index in [0.29, 0.717) is 0 Å². The molecule has 2 heteroatoms. The van der Waals surface area contributed by atoms with E-state index in [2.05, 4.69) is 159 Å². The molecule has 1 aliphatic carbocycles. The minimum atomic E-state index is -0.0903. The van der Waals surface area contributed by atoms with Gasteiger partial charge in [-0.25, -0.2) is 9.97 Å². The second kappa shape index (κ2) is 9.70. The highest BCUT2D eigenvalue weighted by molar-refractivity contribution is 6.19. The molecule has 0 aliphatic heterocycles. The van der Waals surface area contributed by atoms with Gasteiger partial charge in [-0.2, -0.15) is 0 Å². The molecule has 1 heterocycles. The van der Waals surface area contributed by atoms with E-state index in [9.17, 15) is 0 Å². The summed E-state index contributed by atoms with van der Waals surface area (Å²) < 4.78 is 0. The standard InChI is InChI=1S/C43H30N2/c1-43(2)36-21-11-10-19-33(36)40-34(20-12-22-37(40)43)39-26-38(28-14-4-3-5-15-28)44-42(45-39)41-31-18-9-7-16-29(31)25-35-30-17-8-6-13-27(30)23-24-32(35)41/h3-26H,1-2H3. The van der Waals surface area contributed by atoms with Crippen molar-refractivity contribution in [1.82, 2.24) is 9.97 Å². The van der Waals surface area contributed by atoms with E-state index < -0.39 is 0 Å². The molecule has 0 N–H and O–H groups in total. The minimum absolute atomic E-state index is 0.0903. The molecule has 1 aliphatic rings. The molecule has 8 aromatic rings. The molecule has 45 heavy (non-hydrogen) atoms. The lowest BCUT2D eigenvalue weighted by Gasteiger charge is -2.21. The van der Waals surface area contributed by atoms with Crippen LogP contribution in [0.3, 0.4) is 0 Å². The molecule has 0 fully saturated rings. The van der Waals surface area contributed by atoms with Gasteiger partial charge in [-0.05, 0) is 66.7 Å². The van der Waals surface area contributed by atoms with Gasteiger partial charge >= 0.3 is 0 Å². The first-order valence-corrected chi connectivity index (χ1v) is 15.6. The Labute approximate surface area is 262 Å². The van der Waals surface area contributed by atoms with E-state index in [-0.39, 0.29) is 5.41 Å². The average Bonchev–Trinajstić information content (AvgIpc) is 3.33. The SMILES string of the molecule is CC1(C)c2ccccc2-c2c(-c3cc(-c4ccccc4)nc(-c4c5ccccc5cc5c4ccc4ccccc45)n3)cccc21. The highest BCUT2D eigenvalue weighted by atomic mass is 14.9. The third-order valence-corrected chi connectivity index (χ3v) is 9.67. The largest absolute Gasteiger partial charge is 0.228 e. The van der Waals surface area contributed by atoms with Crippen molar-refractivity contribution in [2.45, 2.75) is 19.3 Å². The lowest BCUT2D eigenvalue weighted by molar-refractivity contribution is 0.660. The molecule has 0 spiro atoms. The molecule has 0 bridgehead atoms. The van der Waals surface area contributed by atoms with Crippen LogP contribution < -0.4 is 0 Å². The van der Waals surface area contributed by atoms with Crippen LogP contribution in [0.25, 0.3) is 77.3 Å². The summed E-state index contributed by atoms with van der Waals surface area (Å²) in [4.78, 5) is 10.8. The van der Waals surface area contributed by atoms with E-state index >= 15 is 0 Å². The van der Waals surface area contributed by atoms with Gasteiger partial charge in [0.1, 0.15) is 0 Å². The Morgan fingerprint density at radius 2 is 1.09 bits per heavy atom. The van der Waals surface area contributed by atoms with Gasteiger partial charge in [-0.3, -0.25) is 0 Å². The fraction of sp³-hybridized carbons (Fsp3) is 0.0698. The fourth-order valence-electron chi connectivity index (χ4n) is 7.48. The van der Waals surface area contributed by atoms with Crippen LogP contribution in [0.15, 0.2) is 146 Å². The van der Waals surface area contributed by atoms with E-state index in [1.54, 1.807) is 0 Å². The Hall–Kier alpha value is -5.60. The maximum absolute atomic E-state index is 5.47. The third-order valence-electron chi connectivity index (χ3n) is 9.67. The second-order valence-electron chi connectivity index (χ2n) is 12.6. The van der Waals surface area contributed by atoms with Crippen molar-refractivity contribution in [3.05, 3.63) is 157 Å². The molecule has 7 aromatic carbocycles. The molecule has 0 radical (unpaired) electrons. The fourth-order valence-corrected chi connectivity index (χ4v) is 7.48. The molecule has 0 unspecified atom stereocenters. The number of hydrogen-bond donors (Lipinski definition) is 0. The van der Waals surface area contributed by atoms with Crippen molar-refractivity contribution in [1.29, 1.82) is 0 Å². The zero-order valence-corrected chi connectivity index (χ0v) is 25.3. The third kappa shape index (κ3) is 3.89. The second-order valence-corrected chi connectivity index (χ2v) is 12.6. The summed E-state index contributed by atoms with van der Waals surface area (Å²) in [6, 6.07) is 52.2. The number of fused-ring (bicyclic) bond motifs is 7. The highest BCUT2D eigenvalue weighted by Crippen LogP contribution is 2.52. The van der Waals surface area contributed by atoms with Crippen LogP contribution in [-0.2, 0) is 5.41 Å². The van der Waals surface area contributed by atoms with E-state index in [1.165, 1.54) is 43.8 Å². The summed E-state index contributed by atoms with van der Waals surface area (Å²) in [6.45, 7) is 4.66. The Morgan fingerprint density at radius 3 is 1.96 bits per heavy atom. The lowest BCUT2D eigenvalue weighted by Crippen LogP contribution is -2.14. The van der Waals surface area contributed by atoms with Gasteiger partial charge in [0.05, 0.1) is 11.4 Å². The molecule has 0 atom stereocenters. The number of rotatable bonds is 3. The van der Waals surface area contributed by atoms with Gasteiger partial charge in [-0.15, -0.1) is 0 Å². The van der Waals surface area contributed by atoms with Gasteiger partial charge in [0.2, 0.25) is 0 Å². The highest BCUT2D eigenvalue weighted by Gasteiger charge is 2.36. The number of nitrogens with zero attached hydrogens (tertiary/aromatic N) is 2. The molecule has 9 rings (SSSR count). The zero-order valence-electron chi connectivity index (χ0n) is 25.3. The zero-order chi connectivity index (χ0) is 30.1. The maximum atomic E-state index is 5.47. The number of aromatic nitrogens is 2. The minimum Gasteiger partial charge on any atom is -0.228 e. The van der Waals surface area contributed by atoms with E-state index in [0.717, 1.165) is 44.7 Å². The summed E-state index contributed by atoms with van der Waals surface area (Å²) in [7, 11) is 0. The quantitative estimate of drug-likeness (QED) is 0.155. The Bertz CT molecular complexity index is 2450. The normalized spacial score (nSPS) is 13.3. The Balaban J connectivity index is 1.40. The van der Waals surface area contributed by atoms with Gasteiger partial charge in [-0.1, -0.05) is 147 Å². The predicted octanol–water partition coefficient (Wildman–Crippen LogP) is 11.2. The number of benzene rings is 7. The van der Waals surface area contributed by atoms with Crippen LogP contribution in [0.1, 0.15) is 25.0 Å². The summed E-state index contributed by atoms with van der Waals surface area (Å²) in [6.07, 6.45) is 0. The van der Waals surface area contributed by atoms with Crippen molar-refractivity contribution < 1.29 is 0 Å². The monoisotopic (exact) mass is 574 g/mol. The molecule has 212 valence electrons. The van der Waals surface area contributed by atoms with Crippen molar-refractivity contribution in [3.8, 4) is 45.0 Å². The van der Waals surface area contributed by atoms with Gasteiger partial charge < -0.3 is 0 Å². The van der Waals surface area contributed by atoms with Crippen molar-refractivity contribution in [3.63, 3.8) is 0 Å². The van der Waals surface area contributed by atoms with E-state index in [1.807, 2.05) is 0 Å². The summed E-state index contributed by atoms with van der Waals surface area (Å²) in [5.74, 6) is 0.742. The van der Waals surface area contributed by atoms with Gasteiger partial charge in [0.25, 0.3) is 0 Å². The van der Waals surface area contributed by atoms with Crippen LogP contribution in [0.2, 0.25) is 0 Å². The van der Waals surface area contributed by atoms with Crippen LogP contribution >= 0.6 is 0 Å². The first-order valence-electron chi connectivity index (χ1n) is 15.6. The first kappa shape index (κ1) is 25.9. The molecular weight excluding hydrogens is 544 g/mol. The average molecular weight is 575 g/mol. The van der Waals surface area contributed by atoms with Crippen LogP contribution in [0.4, 0.5) is 0 Å². The van der Waals surface area contributed by atoms with Crippen LogP contribution in [0, 0.1) is 0 Å². The summed E-state index contributed by atoms with van der Waals surface area (Å²) >= 11 is 0.